The molecule has 0 bridgehead atoms. The number of pyridine rings is 1. The van der Waals surface area contributed by atoms with Gasteiger partial charge < -0.3 is 9.47 Å². The third-order valence-corrected chi connectivity index (χ3v) is 4.63. The molecule has 0 spiro atoms. The van der Waals surface area contributed by atoms with Gasteiger partial charge in [0.25, 0.3) is 5.69 Å². The Kier molecular flexibility index (Phi) is 5.09. The van der Waals surface area contributed by atoms with Crippen molar-refractivity contribution >= 4 is 22.4 Å². The van der Waals surface area contributed by atoms with E-state index < -0.39 is 10.9 Å². The summed E-state index contributed by atoms with van der Waals surface area (Å²) in [7, 11) is 1.51. The summed E-state index contributed by atoms with van der Waals surface area (Å²) in [5, 5.41) is 12.3. The van der Waals surface area contributed by atoms with Gasteiger partial charge in [0.15, 0.2) is 0 Å². The lowest BCUT2D eigenvalue weighted by Crippen LogP contribution is -2.08. The number of esters is 1. The van der Waals surface area contributed by atoms with Crippen molar-refractivity contribution in [1.82, 2.24) is 4.98 Å². The zero-order valence-corrected chi connectivity index (χ0v) is 15.9. The van der Waals surface area contributed by atoms with Gasteiger partial charge in [0.05, 0.1) is 17.6 Å². The van der Waals surface area contributed by atoms with Crippen molar-refractivity contribution < 1.29 is 19.2 Å². The lowest BCUT2D eigenvalue weighted by atomic mass is 9.99. The van der Waals surface area contributed by atoms with E-state index in [1.165, 1.54) is 19.2 Å². The summed E-state index contributed by atoms with van der Waals surface area (Å²) in [5.74, 6) is 0.234. The van der Waals surface area contributed by atoms with Gasteiger partial charge in [-0.15, -0.1) is 0 Å². The fourth-order valence-corrected chi connectivity index (χ4v) is 3.21. The fraction of sp³-hybridized carbons (Fsp3) is 0.0435. The summed E-state index contributed by atoms with van der Waals surface area (Å²) in [6.07, 6.45) is 1.60. The molecule has 0 aliphatic heterocycles. The Morgan fingerprint density at radius 2 is 1.70 bits per heavy atom. The van der Waals surface area contributed by atoms with Gasteiger partial charge in [-0.05, 0) is 42.0 Å². The Labute approximate surface area is 171 Å². The van der Waals surface area contributed by atoms with Crippen LogP contribution in [-0.4, -0.2) is 23.0 Å². The van der Waals surface area contributed by atoms with Crippen molar-refractivity contribution in [2.75, 3.05) is 7.11 Å². The van der Waals surface area contributed by atoms with Gasteiger partial charge in [0.1, 0.15) is 5.75 Å². The Hall–Kier alpha value is -4.26. The molecule has 0 aliphatic rings. The van der Waals surface area contributed by atoms with Gasteiger partial charge in [0.2, 0.25) is 5.88 Å². The van der Waals surface area contributed by atoms with Gasteiger partial charge in [-0.2, -0.15) is 0 Å². The molecule has 7 nitrogen and oxygen atoms in total. The van der Waals surface area contributed by atoms with Crippen molar-refractivity contribution in [1.29, 1.82) is 0 Å². The number of nitro groups is 1. The van der Waals surface area contributed by atoms with Crippen LogP contribution in [-0.2, 0) is 0 Å². The topological polar surface area (TPSA) is 91.6 Å². The molecule has 0 aliphatic carbocycles. The number of ether oxygens (including phenoxy) is 2. The van der Waals surface area contributed by atoms with Crippen molar-refractivity contribution in [3.05, 3.63) is 94.7 Å². The van der Waals surface area contributed by atoms with E-state index in [0.717, 1.165) is 0 Å². The highest BCUT2D eigenvalue weighted by Gasteiger charge is 2.18. The normalized spacial score (nSPS) is 10.6. The number of rotatable bonds is 5. The van der Waals surface area contributed by atoms with E-state index in [1.54, 1.807) is 54.7 Å². The third kappa shape index (κ3) is 3.56. The van der Waals surface area contributed by atoms with E-state index in [4.69, 9.17) is 9.47 Å². The average molecular weight is 400 g/mol. The van der Waals surface area contributed by atoms with Crippen molar-refractivity contribution in [2.24, 2.45) is 0 Å². The Morgan fingerprint density at radius 1 is 0.967 bits per heavy atom. The molecule has 0 N–H and O–H groups in total. The number of fused-ring (bicyclic) bond motifs is 1. The van der Waals surface area contributed by atoms with Gasteiger partial charge >= 0.3 is 5.97 Å². The van der Waals surface area contributed by atoms with Crippen molar-refractivity contribution in [3.8, 4) is 22.8 Å². The maximum atomic E-state index is 12.6. The Morgan fingerprint density at radius 3 is 2.37 bits per heavy atom. The van der Waals surface area contributed by atoms with E-state index in [0.29, 0.717) is 39.1 Å². The molecule has 148 valence electrons. The number of hydrogen-bond donors (Lipinski definition) is 0. The maximum Gasteiger partial charge on any atom is 0.343 e. The first kappa shape index (κ1) is 19.1. The van der Waals surface area contributed by atoms with Crippen molar-refractivity contribution in [2.45, 2.75) is 0 Å². The number of methoxy groups -OCH3 is 1. The van der Waals surface area contributed by atoms with Crippen LogP contribution in [0.5, 0.6) is 11.6 Å². The molecule has 30 heavy (non-hydrogen) atoms. The number of benzene rings is 3. The molecule has 4 aromatic rings. The van der Waals surface area contributed by atoms with Crippen molar-refractivity contribution in [3.63, 3.8) is 0 Å². The zero-order chi connectivity index (χ0) is 21.1. The van der Waals surface area contributed by atoms with Gasteiger partial charge in [-0.3, -0.25) is 10.1 Å². The summed E-state index contributed by atoms with van der Waals surface area (Å²) in [4.78, 5) is 27.5. The molecule has 0 atom stereocenters. The summed E-state index contributed by atoms with van der Waals surface area (Å²) in [6.45, 7) is 0. The molecule has 0 unspecified atom stereocenters. The van der Waals surface area contributed by atoms with E-state index in [-0.39, 0.29) is 5.69 Å². The highest BCUT2D eigenvalue weighted by Crippen LogP contribution is 2.39. The molecule has 0 saturated carbocycles. The lowest BCUT2D eigenvalue weighted by Gasteiger charge is -2.14. The van der Waals surface area contributed by atoms with Gasteiger partial charge in [0, 0.05) is 34.7 Å². The minimum Gasteiger partial charge on any atom is -0.481 e. The van der Waals surface area contributed by atoms with Crippen LogP contribution in [0.4, 0.5) is 5.69 Å². The van der Waals surface area contributed by atoms with E-state index >= 15 is 0 Å². The summed E-state index contributed by atoms with van der Waals surface area (Å²) in [5.41, 5.74) is 1.77. The largest absolute Gasteiger partial charge is 0.481 e. The van der Waals surface area contributed by atoms with Crippen LogP contribution in [0.15, 0.2) is 79.0 Å². The van der Waals surface area contributed by atoms with E-state index in [9.17, 15) is 14.9 Å². The van der Waals surface area contributed by atoms with Gasteiger partial charge in [-0.25, -0.2) is 9.78 Å². The quantitative estimate of drug-likeness (QED) is 0.202. The standard InChI is InChI=1S/C23H16N2O5/c1-29-22-18-8-5-9-20(30-23(26)16-6-3-2-4-7-16)21(18)19(14-24-22)15-10-12-17(13-11-15)25(27)28/h2-14H,1H3. The molecule has 4 rings (SSSR count). The van der Waals surface area contributed by atoms with E-state index in [1.807, 2.05) is 12.1 Å². The minimum atomic E-state index is -0.492. The molecular weight excluding hydrogens is 384 g/mol. The molecule has 7 heteroatoms. The Bertz CT molecular complexity index is 1240. The number of nitro benzene ring substituents is 1. The second-order valence-electron chi connectivity index (χ2n) is 6.42. The molecular formula is C23H16N2O5. The number of carbonyl (C=O) groups is 1. The monoisotopic (exact) mass is 400 g/mol. The fourth-order valence-electron chi connectivity index (χ4n) is 3.21. The second kappa shape index (κ2) is 8.00. The lowest BCUT2D eigenvalue weighted by molar-refractivity contribution is -0.384. The van der Waals surface area contributed by atoms with Crippen LogP contribution in [0.1, 0.15) is 10.4 Å². The highest BCUT2D eigenvalue weighted by atomic mass is 16.6. The average Bonchev–Trinajstić information content (AvgIpc) is 2.79. The predicted octanol–water partition coefficient (Wildman–Crippen LogP) is 5.04. The Balaban J connectivity index is 1.86. The molecule has 1 heterocycles. The molecule has 1 aromatic heterocycles. The summed E-state index contributed by atoms with van der Waals surface area (Å²) >= 11 is 0. The first-order valence-electron chi connectivity index (χ1n) is 9.06. The van der Waals surface area contributed by atoms with Crippen LogP contribution in [0, 0.1) is 10.1 Å². The molecule has 0 amide bonds. The third-order valence-electron chi connectivity index (χ3n) is 4.63. The molecule has 0 saturated heterocycles. The number of aromatic nitrogens is 1. The van der Waals surface area contributed by atoms with Crippen LogP contribution in [0.3, 0.4) is 0 Å². The second-order valence-corrected chi connectivity index (χ2v) is 6.42. The number of nitrogens with zero attached hydrogens (tertiary/aromatic N) is 2. The highest BCUT2D eigenvalue weighted by molar-refractivity contribution is 6.04. The van der Waals surface area contributed by atoms with E-state index in [2.05, 4.69) is 4.98 Å². The molecule has 0 radical (unpaired) electrons. The zero-order valence-electron chi connectivity index (χ0n) is 15.9. The minimum absolute atomic E-state index is 0.0137. The smallest absolute Gasteiger partial charge is 0.343 e. The van der Waals surface area contributed by atoms with Crippen LogP contribution in [0.2, 0.25) is 0 Å². The van der Waals surface area contributed by atoms with Gasteiger partial charge in [-0.1, -0.05) is 24.3 Å². The molecule has 3 aromatic carbocycles. The molecule has 0 fully saturated rings. The predicted molar refractivity (Wildman–Crippen MR) is 112 cm³/mol. The van der Waals surface area contributed by atoms with Crippen LogP contribution < -0.4 is 9.47 Å². The summed E-state index contributed by atoms with van der Waals surface area (Å²) < 4.78 is 11.1. The summed E-state index contributed by atoms with van der Waals surface area (Å²) in [6, 6.07) is 20.1. The first-order valence-corrected chi connectivity index (χ1v) is 9.06. The number of hydrogen-bond acceptors (Lipinski definition) is 6. The van der Waals surface area contributed by atoms with Crippen LogP contribution in [0.25, 0.3) is 21.9 Å². The van der Waals surface area contributed by atoms with Crippen LogP contribution >= 0.6 is 0 Å². The first-order chi connectivity index (χ1) is 14.6. The SMILES string of the molecule is COc1ncc(-c2ccc([N+](=O)[O-])cc2)c2c(OC(=O)c3ccccc3)cccc12. The number of non-ortho nitro benzene ring substituents is 1. The number of carbonyl (C=O) groups excluding carboxylic acids is 1. The maximum absolute atomic E-state index is 12.6.